The van der Waals surface area contributed by atoms with Gasteiger partial charge in [0.2, 0.25) is 0 Å². The van der Waals surface area contributed by atoms with Crippen molar-refractivity contribution in [3.8, 4) is 0 Å². The van der Waals surface area contributed by atoms with Crippen molar-refractivity contribution in [1.29, 1.82) is 0 Å². The van der Waals surface area contributed by atoms with Crippen molar-refractivity contribution in [1.82, 2.24) is 15.1 Å². The van der Waals surface area contributed by atoms with Crippen LogP contribution in [0.25, 0.3) is 0 Å². The third kappa shape index (κ3) is 3.94. The van der Waals surface area contributed by atoms with E-state index < -0.39 is 0 Å². The molecule has 0 aromatic carbocycles. The summed E-state index contributed by atoms with van der Waals surface area (Å²) in [6, 6.07) is 0.760. The van der Waals surface area contributed by atoms with E-state index in [0.717, 1.165) is 38.8 Å². The molecule has 2 rings (SSSR count). The van der Waals surface area contributed by atoms with Gasteiger partial charge in [0.25, 0.3) is 0 Å². The van der Waals surface area contributed by atoms with Crippen molar-refractivity contribution >= 4 is 0 Å². The van der Waals surface area contributed by atoms with E-state index in [9.17, 15) is 0 Å². The van der Waals surface area contributed by atoms with Crippen LogP contribution in [0, 0.1) is 0 Å². The first kappa shape index (κ1) is 11.6. The lowest BCUT2D eigenvalue weighted by Gasteiger charge is -2.02. The first-order chi connectivity index (χ1) is 7.88. The molecule has 0 aliphatic heterocycles. The molecule has 0 spiro atoms. The second kappa shape index (κ2) is 6.01. The highest BCUT2D eigenvalue weighted by molar-refractivity contribution is 5.04. The van der Waals surface area contributed by atoms with Crippen molar-refractivity contribution < 1.29 is 4.74 Å². The number of nitrogens with zero attached hydrogens (tertiary/aromatic N) is 2. The lowest BCUT2D eigenvalue weighted by molar-refractivity contribution is 0.124. The maximum atomic E-state index is 5.43. The lowest BCUT2D eigenvalue weighted by Crippen LogP contribution is -2.14. The summed E-state index contributed by atoms with van der Waals surface area (Å²) in [5.41, 5.74) is 1.27. The minimum atomic E-state index is 0.755. The van der Waals surface area contributed by atoms with Crippen molar-refractivity contribution in [2.24, 2.45) is 0 Å². The molecule has 4 heteroatoms. The predicted octanol–water partition coefficient (Wildman–Crippen LogP) is 1.56. The standard InChI is InChI=1S/C12H21N3O/c1-2-6-16-7-5-15-10-11(9-14-15)8-13-12-3-4-12/h9-10,12-13H,2-8H2,1H3. The number of ether oxygens (including phenoxy) is 1. The Kier molecular flexibility index (Phi) is 4.36. The molecule has 0 amide bonds. The van der Waals surface area contributed by atoms with Crippen LogP contribution in [0.5, 0.6) is 0 Å². The summed E-state index contributed by atoms with van der Waals surface area (Å²) in [6.07, 6.45) is 7.79. The minimum Gasteiger partial charge on any atom is -0.380 e. The molecule has 1 saturated carbocycles. The fourth-order valence-electron chi connectivity index (χ4n) is 1.57. The third-order valence-corrected chi connectivity index (χ3v) is 2.67. The first-order valence-corrected chi connectivity index (χ1v) is 6.21. The van der Waals surface area contributed by atoms with Gasteiger partial charge in [-0.15, -0.1) is 0 Å². The van der Waals surface area contributed by atoms with Crippen LogP contribution >= 0.6 is 0 Å². The van der Waals surface area contributed by atoms with E-state index in [1.54, 1.807) is 0 Å². The molecular weight excluding hydrogens is 202 g/mol. The Morgan fingerprint density at radius 1 is 1.50 bits per heavy atom. The number of rotatable bonds is 8. The van der Waals surface area contributed by atoms with Gasteiger partial charge >= 0.3 is 0 Å². The zero-order chi connectivity index (χ0) is 11.2. The van der Waals surface area contributed by atoms with Crippen LogP contribution in [-0.4, -0.2) is 29.0 Å². The van der Waals surface area contributed by atoms with Crippen molar-refractivity contribution in [2.75, 3.05) is 13.2 Å². The predicted molar refractivity (Wildman–Crippen MR) is 63.2 cm³/mol. The summed E-state index contributed by atoms with van der Waals surface area (Å²) in [5.74, 6) is 0. The molecule has 0 unspecified atom stereocenters. The Hall–Kier alpha value is -0.870. The van der Waals surface area contributed by atoms with E-state index in [-0.39, 0.29) is 0 Å². The van der Waals surface area contributed by atoms with Gasteiger partial charge in [0.1, 0.15) is 0 Å². The second-order valence-electron chi connectivity index (χ2n) is 4.38. The maximum Gasteiger partial charge on any atom is 0.0662 e. The number of hydrogen-bond acceptors (Lipinski definition) is 3. The normalized spacial score (nSPS) is 15.6. The molecule has 0 atom stereocenters. The van der Waals surface area contributed by atoms with E-state index >= 15 is 0 Å². The zero-order valence-corrected chi connectivity index (χ0v) is 9.98. The van der Waals surface area contributed by atoms with Gasteiger partial charge in [-0.05, 0) is 19.3 Å². The Labute approximate surface area is 97.0 Å². The van der Waals surface area contributed by atoms with E-state index in [2.05, 4.69) is 23.5 Å². The average molecular weight is 223 g/mol. The van der Waals surface area contributed by atoms with Crippen molar-refractivity contribution in [2.45, 2.75) is 45.3 Å². The molecule has 1 aliphatic rings. The Bertz CT molecular complexity index is 307. The third-order valence-electron chi connectivity index (χ3n) is 2.67. The highest BCUT2D eigenvalue weighted by Gasteiger charge is 2.20. The van der Waals surface area contributed by atoms with Gasteiger partial charge in [-0.25, -0.2) is 0 Å². The number of aromatic nitrogens is 2. The fraction of sp³-hybridized carbons (Fsp3) is 0.750. The molecular formula is C12H21N3O. The summed E-state index contributed by atoms with van der Waals surface area (Å²) >= 11 is 0. The molecule has 4 nitrogen and oxygen atoms in total. The molecule has 1 heterocycles. The maximum absolute atomic E-state index is 5.43. The smallest absolute Gasteiger partial charge is 0.0662 e. The van der Waals surface area contributed by atoms with Gasteiger partial charge in [0.15, 0.2) is 0 Å². The lowest BCUT2D eigenvalue weighted by atomic mass is 10.3. The van der Waals surface area contributed by atoms with E-state index in [4.69, 9.17) is 4.74 Å². The van der Waals surface area contributed by atoms with Crippen LogP contribution < -0.4 is 5.32 Å². The highest BCUT2D eigenvalue weighted by atomic mass is 16.5. The van der Waals surface area contributed by atoms with Gasteiger partial charge < -0.3 is 10.1 Å². The SMILES string of the molecule is CCCOCCn1cc(CNC2CC2)cn1. The van der Waals surface area contributed by atoms with Crippen LogP contribution in [0.4, 0.5) is 0 Å². The molecule has 1 fully saturated rings. The van der Waals surface area contributed by atoms with Crippen LogP contribution in [-0.2, 0) is 17.8 Å². The molecule has 0 radical (unpaired) electrons. The summed E-state index contributed by atoms with van der Waals surface area (Å²) in [4.78, 5) is 0. The van der Waals surface area contributed by atoms with E-state index in [0.29, 0.717) is 0 Å². The van der Waals surface area contributed by atoms with Crippen LogP contribution in [0.15, 0.2) is 12.4 Å². The first-order valence-electron chi connectivity index (χ1n) is 6.21. The Balaban J connectivity index is 1.64. The molecule has 1 N–H and O–H groups in total. The quantitative estimate of drug-likeness (QED) is 0.680. The number of nitrogens with one attached hydrogen (secondary N) is 1. The van der Waals surface area contributed by atoms with Gasteiger partial charge in [-0.3, -0.25) is 4.68 Å². The van der Waals surface area contributed by atoms with E-state index in [1.807, 2.05) is 10.9 Å². The van der Waals surface area contributed by atoms with Crippen LogP contribution in [0.2, 0.25) is 0 Å². The summed E-state index contributed by atoms with van der Waals surface area (Å²) in [5, 5.41) is 7.79. The molecule has 90 valence electrons. The van der Waals surface area contributed by atoms with Gasteiger partial charge in [0, 0.05) is 31.0 Å². The largest absolute Gasteiger partial charge is 0.380 e. The van der Waals surface area contributed by atoms with Gasteiger partial charge in [-0.1, -0.05) is 6.92 Å². The van der Waals surface area contributed by atoms with Crippen LogP contribution in [0.3, 0.4) is 0 Å². The molecule has 1 aliphatic carbocycles. The molecule has 16 heavy (non-hydrogen) atoms. The summed E-state index contributed by atoms with van der Waals surface area (Å²) in [7, 11) is 0. The monoisotopic (exact) mass is 223 g/mol. The van der Waals surface area contributed by atoms with E-state index in [1.165, 1.54) is 18.4 Å². The Morgan fingerprint density at radius 3 is 3.12 bits per heavy atom. The fourth-order valence-corrected chi connectivity index (χ4v) is 1.57. The van der Waals surface area contributed by atoms with Gasteiger partial charge in [0.05, 0.1) is 19.3 Å². The average Bonchev–Trinajstić information content (AvgIpc) is 3.02. The summed E-state index contributed by atoms with van der Waals surface area (Å²) in [6.45, 7) is 5.52. The molecule has 0 saturated heterocycles. The minimum absolute atomic E-state index is 0.755. The molecule has 1 aromatic rings. The number of hydrogen-bond donors (Lipinski definition) is 1. The topological polar surface area (TPSA) is 39.1 Å². The summed E-state index contributed by atoms with van der Waals surface area (Å²) < 4.78 is 7.39. The molecule has 1 aromatic heterocycles. The van der Waals surface area contributed by atoms with Crippen molar-refractivity contribution in [3.63, 3.8) is 0 Å². The second-order valence-corrected chi connectivity index (χ2v) is 4.38. The molecule has 0 bridgehead atoms. The van der Waals surface area contributed by atoms with Gasteiger partial charge in [-0.2, -0.15) is 5.10 Å². The van der Waals surface area contributed by atoms with Crippen LogP contribution in [0.1, 0.15) is 31.7 Å². The Morgan fingerprint density at radius 2 is 2.38 bits per heavy atom. The van der Waals surface area contributed by atoms with Crippen molar-refractivity contribution in [3.05, 3.63) is 18.0 Å². The highest BCUT2D eigenvalue weighted by Crippen LogP contribution is 2.19. The zero-order valence-electron chi connectivity index (χ0n) is 9.98.